The van der Waals surface area contributed by atoms with Gasteiger partial charge in [0.05, 0.1) is 24.6 Å². The van der Waals surface area contributed by atoms with Gasteiger partial charge in [-0.2, -0.15) is 13.2 Å². The molecule has 1 aromatic heterocycles. The third kappa shape index (κ3) is 3.52. The Morgan fingerprint density at radius 1 is 1.32 bits per heavy atom. The van der Waals surface area contributed by atoms with Crippen LogP contribution in [0.2, 0.25) is 0 Å². The fraction of sp³-hybridized carbons (Fsp3) is 0.294. The van der Waals surface area contributed by atoms with Crippen molar-refractivity contribution < 1.29 is 22.7 Å². The zero-order valence-electron chi connectivity index (χ0n) is 13.4. The molecule has 0 spiro atoms. The number of nitrogens with zero attached hydrogens (tertiary/aromatic N) is 2. The van der Waals surface area contributed by atoms with Gasteiger partial charge in [-0.3, -0.25) is 0 Å². The third-order valence-corrected chi connectivity index (χ3v) is 3.97. The number of nitrogens with two attached hydrogens (primary N) is 1. The van der Waals surface area contributed by atoms with E-state index >= 15 is 0 Å². The third-order valence-electron chi connectivity index (χ3n) is 3.97. The van der Waals surface area contributed by atoms with Crippen LogP contribution in [0.3, 0.4) is 0 Å². The van der Waals surface area contributed by atoms with E-state index < -0.39 is 17.7 Å². The number of carbonyl (C=O) groups excluding carboxylic acids is 1. The van der Waals surface area contributed by atoms with Crippen LogP contribution in [-0.2, 0) is 15.7 Å². The normalized spacial score (nSPS) is 15.3. The number of halogens is 3. The Balaban J connectivity index is 2.03. The number of ether oxygens (including phenoxy) is 1. The highest BCUT2D eigenvalue weighted by Gasteiger charge is 2.31. The van der Waals surface area contributed by atoms with Crippen LogP contribution in [0.25, 0.3) is 17.5 Å². The van der Waals surface area contributed by atoms with Crippen molar-refractivity contribution in [2.45, 2.75) is 24.9 Å². The van der Waals surface area contributed by atoms with Crippen LogP contribution in [0.15, 0.2) is 36.2 Å². The molecule has 0 saturated heterocycles. The maximum absolute atomic E-state index is 12.7. The van der Waals surface area contributed by atoms with E-state index in [0.29, 0.717) is 11.3 Å². The lowest BCUT2D eigenvalue weighted by Crippen LogP contribution is -2.14. The van der Waals surface area contributed by atoms with Crippen molar-refractivity contribution in [1.29, 1.82) is 0 Å². The number of imidazole rings is 1. The summed E-state index contributed by atoms with van der Waals surface area (Å²) in [6.45, 7) is 0. The molecule has 5 nitrogen and oxygen atoms in total. The van der Waals surface area contributed by atoms with E-state index in [2.05, 4.69) is 9.72 Å². The van der Waals surface area contributed by atoms with Crippen molar-refractivity contribution >= 4 is 12.2 Å². The SMILES string of the molecule is COC(=O)/C(N)=C/n1c(-c2ccc(C(F)(F)F)cc2)cnc1C1CC1. The first kappa shape index (κ1) is 17.1. The molecule has 1 aliphatic rings. The fourth-order valence-electron chi connectivity index (χ4n) is 2.51. The second-order valence-electron chi connectivity index (χ2n) is 5.80. The molecule has 1 fully saturated rings. The number of carbonyl (C=O) groups is 1. The van der Waals surface area contributed by atoms with Gasteiger partial charge in [0.25, 0.3) is 0 Å². The molecule has 132 valence electrons. The molecule has 0 bridgehead atoms. The highest BCUT2D eigenvalue weighted by atomic mass is 19.4. The first-order valence-corrected chi connectivity index (χ1v) is 7.61. The minimum atomic E-state index is -4.40. The van der Waals surface area contributed by atoms with E-state index in [1.165, 1.54) is 25.4 Å². The van der Waals surface area contributed by atoms with Crippen molar-refractivity contribution in [2.24, 2.45) is 5.73 Å². The zero-order valence-corrected chi connectivity index (χ0v) is 13.4. The average molecular weight is 351 g/mol. The number of esters is 1. The van der Waals surface area contributed by atoms with Crippen molar-refractivity contribution in [3.8, 4) is 11.3 Å². The average Bonchev–Trinajstić information content (AvgIpc) is 3.34. The summed E-state index contributed by atoms with van der Waals surface area (Å²) in [4.78, 5) is 15.9. The van der Waals surface area contributed by atoms with Gasteiger partial charge in [-0.25, -0.2) is 9.78 Å². The number of hydrogen-bond donors (Lipinski definition) is 1. The summed E-state index contributed by atoms with van der Waals surface area (Å²) in [5.41, 5.74) is 5.98. The van der Waals surface area contributed by atoms with Crippen LogP contribution in [0.5, 0.6) is 0 Å². The number of aromatic nitrogens is 2. The first-order chi connectivity index (χ1) is 11.8. The highest BCUT2D eigenvalue weighted by molar-refractivity contribution is 5.91. The van der Waals surface area contributed by atoms with E-state index in [-0.39, 0.29) is 11.6 Å². The molecule has 1 heterocycles. The molecular formula is C17H16F3N3O2. The van der Waals surface area contributed by atoms with E-state index in [1.54, 1.807) is 10.8 Å². The monoisotopic (exact) mass is 351 g/mol. The van der Waals surface area contributed by atoms with Gasteiger partial charge in [-0.05, 0) is 25.0 Å². The van der Waals surface area contributed by atoms with Gasteiger partial charge in [-0.15, -0.1) is 0 Å². The predicted octanol–water partition coefficient (Wildman–Crippen LogP) is 3.38. The van der Waals surface area contributed by atoms with Gasteiger partial charge in [-0.1, -0.05) is 12.1 Å². The van der Waals surface area contributed by atoms with Gasteiger partial charge < -0.3 is 15.0 Å². The van der Waals surface area contributed by atoms with Gasteiger partial charge in [0.15, 0.2) is 0 Å². The molecule has 0 unspecified atom stereocenters. The number of rotatable bonds is 4. The van der Waals surface area contributed by atoms with E-state index in [1.807, 2.05) is 0 Å². The van der Waals surface area contributed by atoms with Crippen molar-refractivity contribution in [2.75, 3.05) is 7.11 Å². The lowest BCUT2D eigenvalue weighted by atomic mass is 10.1. The summed E-state index contributed by atoms with van der Waals surface area (Å²) in [6, 6.07) is 4.76. The number of alkyl halides is 3. The molecule has 3 rings (SSSR count). The summed E-state index contributed by atoms with van der Waals surface area (Å²) < 4.78 is 44.4. The molecule has 0 atom stereocenters. The molecule has 2 N–H and O–H groups in total. The molecule has 0 amide bonds. The number of methoxy groups -OCH3 is 1. The van der Waals surface area contributed by atoms with Crippen LogP contribution in [-0.4, -0.2) is 22.6 Å². The van der Waals surface area contributed by atoms with Gasteiger partial charge in [0.1, 0.15) is 11.5 Å². The summed E-state index contributed by atoms with van der Waals surface area (Å²) >= 11 is 0. The molecule has 1 aromatic carbocycles. The fourth-order valence-corrected chi connectivity index (χ4v) is 2.51. The Hall–Kier alpha value is -2.77. The second-order valence-corrected chi connectivity index (χ2v) is 5.80. The van der Waals surface area contributed by atoms with Crippen LogP contribution < -0.4 is 5.73 Å². The van der Waals surface area contributed by atoms with Crippen molar-refractivity contribution in [3.05, 3.63) is 47.5 Å². The smallest absolute Gasteiger partial charge is 0.416 e. The van der Waals surface area contributed by atoms with Gasteiger partial charge >= 0.3 is 12.1 Å². The maximum Gasteiger partial charge on any atom is 0.416 e. The van der Waals surface area contributed by atoms with Crippen molar-refractivity contribution in [3.63, 3.8) is 0 Å². The Morgan fingerprint density at radius 3 is 2.48 bits per heavy atom. The van der Waals surface area contributed by atoms with E-state index in [4.69, 9.17) is 5.73 Å². The lowest BCUT2D eigenvalue weighted by molar-refractivity contribution is -0.138. The summed E-state index contributed by atoms with van der Waals surface area (Å²) in [7, 11) is 1.22. The number of hydrogen-bond acceptors (Lipinski definition) is 4. The topological polar surface area (TPSA) is 70.1 Å². The standard InChI is InChI=1S/C17H16F3N3O2/c1-25-16(24)13(21)9-23-14(8-22-15(23)11-2-3-11)10-4-6-12(7-5-10)17(18,19)20/h4-9,11H,2-3,21H2,1H3/b13-9-. The van der Waals surface area contributed by atoms with Gasteiger partial charge in [0, 0.05) is 17.7 Å². The molecule has 0 aliphatic heterocycles. The Labute approximate surface area is 141 Å². The minimum Gasteiger partial charge on any atom is -0.464 e. The predicted molar refractivity (Wildman–Crippen MR) is 85.1 cm³/mol. The number of benzene rings is 1. The van der Waals surface area contributed by atoms with E-state index in [9.17, 15) is 18.0 Å². The Morgan fingerprint density at radius 2 is 1.96 bits per heavy atom. The van der Waals surface area contributed by atoms with Crippen LogP contribution in [0.4, 0.5) is 13.2 Å². The highest BCUT2D eigenvalue weighted by Crippen LogP contribution is 2.41. The van der Waals surface area contributed by atoms with Crippen LogP contribution in [0.1, 0.15) is 30.1 Å². The summed E-state index contributed by atoms with van der Waals surface area (Å²) in [5, 5.41) is 0. The zero-order chi connectivity index (χ0) is 18.2. The Bertz CT molecular complexity index is 819. The quantitative estimate of drug-likeness (QED) is 0.677. The molecule has 0 radical (unpaired) electrons. The Kier molecular flexibility index (Phi) is 4.28. The molecule has 1 aliphatic carbocycles. The van der Waals surface area contributed by atoms with Gasteiger partial charge in [0.2, 0.25) is 0 Å². The molecule has 1 saturated carbocycles. The van der Waals surface area contributed by atoms with Crippen LogP contribution in [0, 0.1) is 0 Å². The minimum absolute atomic E-state index is 0.115. The first-order valence-electron chi connectivity index (χ1n) is 7.61. The summed E-state index contributed by atoms with van der Waals surface area (Å²) in [6.07, 6.45) is 0.509. The summed E-state index contributed by atoms with van der Waals surface area (Å²) in [5.74, 6) is 0.292. The van der Waals surface area contributed by atoms with Crippen molar-refractivity contribution in [1.82, 2.24) is 9.55 Å². The molecule has 2 aromatic rings. The maximum atomic E-state index is 12.7. The second kappa shape index (κ2) is 6.27. The molecule has 25 heavy (non-hydrogen) atoms. The molecular weight excluding hydrogens is 335 g/mol. The lowest BCUT2D eigenvalue weighted by Gasteiger charge is -2.10. The van der Waals surface area contributed by atoms with Crippen LogP contribution >= 0.6 is 0 Å². The van der Waals surface area contributed by atoms with E-state index in [0.717, 1.165) is 30.8 Å². The largest absolute Gasteiger partial charge is 0.464 e. The molecule has 8 heteroatoms.